The summed E-state index contributed by atoms with van der Waals surface area (Å²) in [4.78, 5) is 13.0. The lowest BCUT2D eigenvalue weighted by Crippen LogP contribution is -2.12. The molecule has 0 amide bonds. The Hall–Kier alpha value is -0.280. The van der Waals surface area contributed by atoms with Gasteiger partial charge in [0.05, 0.1) is 4.83 Å². The maximum absolute atomic E-state index is 11.9. The summed E-state index contributed by atoms with van der Waals surface area (Å²) in [6, 6.07) is 5.94. The van der Waals surface area contributed by atoms with Crippen LogP contribution >= 0.6 is 27.7 Å². The first kappa shape index (κ1) is 12.8. The number of benzene rings is 1. The van der Waals surface area contributed by atoms with Crippen LogP contribution in [0.25, 0.3) is 0 Å². The maximum Gasteiger partial charge on any atom is 0.176 e. The first-order chi connectivity index (χ1) is 7.11. The predicted molar refractivity (Wildman–Crippen MR) is 70.3 cm³/mol. The molecule has 0 aromatic heterocycles. The molecule has 1 rings (SSSR count). The highest BCUT2D eigenvalue weighted by Crippen LogP contribution is 2.25. The van der Waals surface area contributed by atoms with Gasteiger partial charge in [-0.1, -0.05) is 35.0 Å². The van der Waals surface area contributed by atoms with E-state index in [9.17, 15) is 4.79 Å². The Labute approximate surface area is 104 Å². The maximum atomic E-state index is 11.9. The molecule has 1 atom stereocenters. The minimum Gasteiger partial charge on any atom is -0.293 e. The van der Waals surface area contributed by atoms with Gasteiger partial charge in [0.2, 0.25) is 0 Å². The fourth-order valence-electron chi connectivity index (χ4n) is 1.57. The molecule has 3 heteroatoms. The quantitative estimate of drug-likeness (QED) is 0.474. The summed E-state index contributed by atoms with van der Waals surface area (Å²) in [5.74, 6) is 0.169. The fraction of sp³-hybridized carbons (Fsp3) is 0.417. The largest absolute Gasteiger partial charge is 0.293 e. The molecule has 0 aliphatic carbocycles. The summed E-state index contributed by atoms with van der Waals surface area (Å²) in [5.41, 5.74) is 2.02. The molecule has 0 saturated heterocycles. The number of thioether (sulfide) groups is 1. The van der Waals surface area contributed by atoms with E-state index in [4.69, 9.17) is 0 Å². The number of hydrogen-bond donors (Lipinski definition) is 0. The van der Waals surface area contributed by atoms with Crippen molar-refractivity contribution in [1.29, 1.82) is 0 Å². The second-order valence-electron chi connectivity index (χ2n) is 3.32. The van der Waals surface area contributed by atoms with E-state index in [0.29, 0.717) is 0 Å². The van der Waals surface area contributed by atoms with Crippen molar-refractivity contribution >= 4 is 33.5 Å². The molecule has 0 fully saturated rings. The summed E-state index contributed by atoms with van der Waals surface area (Å²) in [6.07, 6.45) is 2.94. The van der Waals surface area contributed by atoms with E-state index >= 15 is 0 Å². The highest BCUT2D eigenvalue weighted by Gasteiger charge is 2.16. The van der Waals surface area contributed by atoms with E-state index in [-0.39, 0.29) is 10.6 Å². The van der Waals surface area contributed by atoms with Crippen LogP contribution in [0.4, 0.5) is 0 Å². The van der Waals surface area contributed by atoms with Gasteiger partial charge in [0, 0.05) is 10.5 Å². The molecule has 1 aromatic carbocycles. The van der Waals surface area contributed by atoms with E-state index in [1.54, 1.807) is 11.8 Å². The monoisotopic (exact) mass is 286 g/mol. The second-order valence-corrected chi connectivity index (χ2v) is 5.54. The summed E-state index contributed by atoms with van der Waals surface area (Å²) in [7, 11) is 0. The molecular weight excluding hydrogens is 272 g/mol. The van der Waals surface area contributed by atoms with Crippen LogP contribution in [0.3, 0.4) is 0 Å². The SMILES string of the molecule is CCc1c(SC)cccc1C(=O)C(C)Br. The fourth-order valence-corrected chi connectivity index (χ4v) is 2.53. The summed E-state index contributed by atoms with van der Waals surface area (Å²) in [6.45, 7) is 3.96. The van der Waals surface area contributed by atoms with Crippen molar-refractivity contribution in [3.8, 4) is 0 Å². The smallest absolute Gasteiger partial charge is 0.176 e. The van der Waals surface area contributed by atoms with Gasteiger partial charge in [-0.15, -0.1) is 11.8 Å². The predicted octanol–water partition coefficient (Wildman–Crippen LogP) is 3.94. The van der Waals surface area contributed by atoms with Gasteiger partial charge in [0.15, 0.2) is 5.78 Å². The van der Waals surface area contributed by atoms with Gasteiger partial charge in [-0.25, -0.2) is 0 Å². The van der Waals surface area contributed by atoms with E-state index in [1.165, 1.54) is 10.5 Å². The third-order valence-electron chi connectivity index (χ3n) is 2.33. The number of carbonyl (C=O) groups is 1. The van der Waals surface area contributed by atoms with Gasteiger partial charge >= 0.3 is 0 Å². The highest BCUT2D eigenvalue weighted by atomic mass is 79.9. The topological polar surface area (TPSA) is 17.1 Å². The lowest BCUT2D eigenvalue weighted by molar-refractivity contribution is 0.0994. The van der Waals surface area contributed by atoms with Crippen LogP contribution in [0.5, 0.6) is 0 Å². The van der Waals surface area contributed by atoms with Crippen LogP contribution in [0, 0.1) is 0 Å². The summed E-state index contributed by atoms with van der Waals surface area (Å²) in [5, 5.41) is 0. The molecule has 0 heterocycles. The third kappa shape index (κ3) is 2.85. The summed E-state index contributed by atoms with van der Waals surface area (Å²) >= 11 is 5.03. The van der Waals surface area contributed by atoms with Crippen LogP contribution in [0.2, 0.25) is 0 Å². The van der Waals surface area contributed by atoms with Crippen molar-refractivity contribution < 1.29 is 4.79 Å². The second kappa shape index (κ2) is 5.71. The van der Waals surface area contributed by atoms with E-state index < -0.39 is 0 Å². The Kier molecular flexibility index (Phi) is 4.87. The number of ketones is 1. The Morgan fingerprint density at radius 2 is 2.20 bits per heavy atom. The van der Waals surface area contributed by atoms with Gasteiger partial charge in [-0.3, -0.25) is 4.79 Å². The lowest BCUT2D eigenvalue weighted by atomic mass is 10.0. The number of rotatable bonds is 4. The van der Waals surface area contributed by atoms with Crippen LogP contribution in [0.15, 0.2) is 23.1 Å². The standard InChI is InChI=1S/C12H15BrOS/c1-4-9-10(12(14)8(2)13)6-5-7-11(9)15-3/h5-8H,4H2,1-3H3. The molecule has 1 nitrogen and oxygen atoms in total. The van der Waals surface area contributed by atoms with Crippen LogP contribution < -0.4 is 0 Å². The van der Waals surface area contributed by atoms with Crippen molar-refractivity contribution in [3.63, 3.8) is 0 Å². The molecule has 0 N–H and O–H groups in total. The first-order valence-corrected chi connectivity index (χ1v) is 7.10. The number of Topliss-reactive ketones (excluding diaryl/α,β-unsaturated/α-hetero) is 1. The summed E-state index contributed by atoms with van der Waals surface area (Å²) < 4.78 is 0. The molecular formula is C12H15BrOS. The van der Waals surface area contributed by atoms with Crippen LogP contribution in [0.1, 0.15) is 29.8 Å². The molecule has 0 radical (unpaired) electrons. The lowest BCUT2D eigenvalue weighted by Gasteiger charge is -2.11. The third-order valence-corrected chi connectivity index (χ3v) is 3.57. The van der Waals surface area contributed by atoms with Crippen molar-refractivity contribution in [1.82, 2.24) is 0 Å². The molecule has 0 spiro atoms. The average Bonchev–Trinajstić information content (AvgIpc) is 2.26. The number of alkyl halides is 1. The van der Waals surface area contributed by atoms with Crippen molar-refractivity contribution in [3.05, 3.63) is 29.3 Å². The molecule has 15 heavy (non-hydrogen) atoms. The molecule has 82 valence electrons. The van der Waals surface area contributed by atoms with Gasteiger partial charge in [-0.2, -0.15) is 0 Å². The Bertz CT molecular complexity index is 361. The Balaban J connectivity index is 3.23. The van der Waals surface area contributed by atoms with Crippen LogP contribution in [-0.4, -0.2) is 16.9 Å². The number of hydrogen-bond acceptors (Lipinski definition) is 2. The van der Waals surface area contributed by atoms with E-state index in [1.807, 2.05) is 25.3 Å². The van der Waals surface area contributed by atoms with Gasteiger partial charge in [-0.05, 0) is 31.2 Å². The highest BCUT2D eigenvalue weighted by molar-refractivity contribution is 9.10. The molecule has 0 aliphatic heterocycles. The van der Waals surface area contributed by atoms with Crippen molar-refractivity contribution in [2.24, 2.45) is 0 Å². The zero-order valence-corrected chi connectivity index (χ0v) is 11.6. The molecule has 0 saturated carbocycles. The van der Waals surface area contributed by atoms with E-state index in [0.717, 1.165) is 12.0 Å². The van der Waals surface area contributed by atoms with Gasteiger partial charge in [0.1, 0.15) is 0 Å². The zero-order valence-electron chi connectivity index (χ0n) is 9.21. The van der Waals surface area contributed by atoms with Crippen LogP contribution in [-0.2, 0) is 6.42 Å². The Morgan fingerprint density at radius 1 is 1.53 bits per heavy atom. The molecule has 0 aliphatic rings. The molecule has 1 unspecified atom stereocenters. The molecule has 1 aromatic rings. The number of halogens is 1. The zero-order chi connectivity index (χ0) is 11.4. The van der Waals surface area contributed by atoms with Crippen molar-refractivity contribution in [2.45, 2.75) is 30.0 Å². The van der Waals surface area contributed by atoms with Gasteiger partial charge < -0.3 is 0 Å². The van der Waals surface area contributed by atoms with Crippen molar-refractivity contribution in [2.75, 3.05) is 6.26 Å². The average molecular weight is 287 g/mol. The minimum atomic E-state index is -0.111. The Morgan fingerprint density at radius 3 is 2.67 bits per heavy atom. The minimum absolute atomic E-state index is 0.111. The van der Waals surface area contributed by atoms with Gasteiger partial charge in [0.25, 0.3) is 0 Å². The normalized spacial score (nSPS) is 12.5. The number of carbonyl (C=O) groups excluding carboxylic acids is 1. The molecule has 0 bridgehead atoms. The van der Waals surface area contributed by atoms with E-state index in [2.05, 4.69) is 28.9 Å². The first-order valence-electron chi connectivity index (χ1n) is 4.96.